The minimum atomic E-state index is -0.320. The van der Waals surface area contributed by atoms with Crippen molar-refractivity contribution in [3.63, 3.8) is 0 Å². The average molecular weight is 378 g/mol. The number of nitrogens with zero attached hydrogens (tertiary/aromatic N) is 1. The van der Waals surface area contributed by atoms with E-state index in [-0.39, 0.29) is 16.9 Å². The molecule has 1 heterocycles. The molecule has 2 aromatic carbocycles. The smallest absolute Gasteiger partial charge is 0.237 e. The van der Waals surface area contributed by atoms with E-state index >= 15 is 0 Å². The Morgan fingerprint density at radius 1 is 1.04 bits per heavy atom. The van der Waals surface area contributed by atoms with E-state index in [2.05, 4.69) is 18.3 Å². The Hall–Kier alpha value is -2.66. The van der Waals surface area contributed by atoms with Gasteiger partial charge in [0.1, 0.15) is 0 Å². The molecule has 3 aromatic rings. The number of thioether (sulfide) groups is 1. The molecule has 138 valence electrons. The van der Waals surface area contributed by atoms with E-state index in [0.29, 0.717) is 11.3 Å². The van der Waals surface area contributed by atoms with Crippen LogP contribution in [0.15, 0.2) is 53.6 Å². The van der Waals surface area contributed by atoms with Crippen molar-refractivity contribution in [2.75, 3.05) is 5.32 Å². The summed E-state index contributed by atoms with van der Waals surface area (Å²) in [6, 6.07) is 15.1. The molecule has 3 rings (SSSR count). The number of amides is 1. The van der Waals surface area contributed by atoms with Gasteiger partial charge in [-0.2, -0.15) is 0 Å². The van der Waals surface area contributed by atoms with Crippen LogP contribution in [0, 0.1) is 13.8 Å². The molecule has 0 saturated carbocycles. The molecule has 0 radical (unpaired) electrons. The Morgan fingerprint density at radius 2 is 1.78 bits per heavy atom. The van der Waals surface area contributed by atoms with E-state index in [1.807, 2.05) is 32.0 Å². The SMILES string of the molecule is CC(=O)c1cccc(NC(=O)[C@H](C)Sc2cc(C)c3cccc(C)c3n2)c1. The number of Topliss-reactive ketones (excluding diaryl/α,β-unsaturated/α-hetero) is 1. The van der Waals surface area contributed by atoms with Crippen molar-refractivity contribution < 1.29 is 9.59 Å². The summed E-state index contributed by atoms with van der Waals surface area (Å²) >= 11 is 1.43. The number of aromatic nitrogens is 1. The lowest BCUT2D eigenvalue weighted by Gasteiger charge is -2.13. The second kappa shape index (κ2) is 7.92. The van der Waals surface area contributed by atoms with Gasteiger partial charge in [0.2, 0.25) is 5.91 Å². The van der Waals surface area contributed by atoms with Crippen LogP contribution in [0.25, 0.3) is 10.9 Å². The van der Waals surface area contributed by atoms with Crippen LogP contribution in [0.2, 0.25) is 0 Å². The molecular weight excluding hydrogens is 356 g/mol. The van der Waals surface area contributed by atoms with Crippen molar-refractivity contribution in [2.24, 2.45) is 0 Å². The van der Waals surface area contributed by atoms with Gasteiger partial charge < -0.3 is 5.32 Å². The van der Waals surface area contributed by atoms with Gasteiger partial charge in [0, 0.05) is 16.6 Å². The third-order valence-corrected chi connectivity index (χ3v) is 5.45. The Balaban J connectivity index is 1.77. The third-order valence-electron chi connectivity index (χ3n) is 4.43. The number of anilines is 1. The Morgan fingerprint density at radius 3 is 2.52 bits per heavy atom. The summed E-state index contributed by atoms with van der Waals surface area (Å²) in [5.74, 6) is -0.148. The molecule has 0 fully saturated rings. The number of hydrogen-bond acceptors (Lipinski definition) is 4. The number of hydrogen-bond donors (Lipinski definition) is 1. The molecule has 1 aromatic heterocycles. The first-order valence-corrected chi connectivity index (χ1v) is 9.68. The van der Waals surface area contributed by atoms with E-state index in [0.717, 1.165) is 27.1 Å². The topological polar surface area (TPSA) is 59.1 Å². The van der Waals surface area contributed by atoms with Crippen LogP contribution < -0.4 is 5.32 Å². The number of benzene rings is 2. The van der Waals surface area contributed by atoms with Gasteiger partial charge in [0.05, 0.1) is 15.8 Å². The van der Waals surface area contributed by atoms with Gasteiger partial charge in [0.25, 0.3) is 0 Å². The largest absolute Gasteiger partial charge is 0.325 e. The van der Waals surface area contributed by atoms with Gasteiger partial charge in [-0.1, -0.05) is 42.1 Å². The van der Waals surface area contributed by atoms with Crippen molar-refractivity contribution in [3.05, 3.63) is 65.2 Å². The fraction of sp³-hybridized carbons (Fsp3) is 0.227. The summed E-state index contributed by atoms with van der Waals surface area (Å²) in [4.78, 5) is 28.8. The summed E-state index contributed by atoms with van der Waals surface area (Å²) < 4.78 is 0. The van der Waals surface area contributed by atoms with Gasteiger partial charge in [-0.15, -0.1) is 0 Å². The molecular formula is C22H22N2O2S. The number of carbonyl (C=O) groups excluding carboxylic acids is 2. The zero-order valence-corrected chi connectivity index (χ0v) is 16.7. The van der Waals surface area contributed by atoms with Crippen LogP contribution in [0.5, 0.6) is 0 Å². The minimum absolute atomic E-state index is 0.0280. The Bertz CT molecular complexity index is 1030. The van der Waals surface area contributed by atoms with Crippen LogP contribution in [0.1, 0.15) is 35.3 Å². The molecule has 5 heteroatoms. The molecule has 0 spiro atoms. The molecule has 27 heavy (non-hydrogen) atoms. The predicted octanol–water partition coefficient (Wildman–Crippen LogP) is 5.17. The van der Waals surface area contributed by atoms with E-state index < -0.39 is 0 Å². The van der Waals surface area contributed by atoms with Crippen LogP contribution in [0.3, 0.4) is 0 Å². The summed E-state index contributed by atoms with van der Waals surface area (Å²) in [6.07, 6.45) is 0. The first-order valence-electron chi connectivity index (χ1n) is 8.80. The summed E-state index contributed by atoms with van der Waals surface area (Å²) in [6.45, 7) is 7.47. The van der Waals surface area contributed by atoms with Gasteiger partial charge in [0.15, 0.2) is 5.78 Å². The van der Waals surface area contributed by atoms with E-state index in [1.54, 1.807) is 24.3 Å². The maximum Gasteiger partial charge on any atom is 0.237 e. The predicted molar refractivity (Wildman–Crippen MR) is 112 cm³/mol. The van der Waals surface area contributed by atoms with Crippen molar-refractivity contribution in [3.8, 4) is 0 Å². The molecule has 4 nitrogen and oxygen atoms in total. The lowest BCUT2D eigenvalue weighted by molar-refractivity contribution is -0.115. The number of para-hydroxylation sites is 1. The first-order chi connectivity index (χ1) is 12.8. The lowest BCUT2D eigenvalue weighted by atomic mass is 10.1. The molecule has 0 aliphatic carbocycles. The van der Waals surface area contributed by atoms with E-state index in [4.69, 9.17) is 4.98 Å². The highest BCUT2D eigenvalue weighted by Gasteiger charge is 2.17. The van der Waals surface area contributed by atoms with E-state index in [9.17, 15) is 9.59 Å². The third kappa shape index (κ3) is 4.37. The second-order valence-corrected chi connectivity index (χ2v) is 8.00. The molecule has 1 atom stereocenters. The molecule has 0 aliphatic rings. The highest BCUT2D eigenvalue weighted by atomic mass is 32.2. The Kier molecular flexibility index (Phi) is 5.61. The monoisotopic (exact) mass is 378 g/mol. The molecule has 0 aliphatic heterocycles. The average Bonchev–Trinajstić information content (AvgIpc) is 2.63. The Labute approximate surface area is 163 Å². The van der Waals surface area contributed by atoms with Gasteiger partial charge in [-0.05, 0) is 57.0 Å². The summed E-state index contributed by atoms with van der Waals surface area (Å²) in [5.41, 5.74) is 4.44. The maximum absolute atomic E-state index is 12.6. The highest BCUT2D eigenvalue weighted by Crippen LogP contribution is 2.28. The number of carbonyl (C=O) groups is 2. The van der Waals surface area contributed by atoms with Crippen molar-refractivity contribution in [2.45, 2.75) is 38.0 Å². The van der Waals surface area contributed by atoms with Crippen LogP contribution in [-0.2, 0) is 4.79 Å². The van der Waals surface area contributed by atoms with E-state index in [1.165, 1.54) is 18.7 Å². The summed E-state index contributed by atoms with van der Waals surface area (Å²) in [7, 11) is 0. The van der Waals surface area contributed by atoms with Crippen molar-refractivity contribution >= 4 is 40.0 Å². The highest BCUT2D eigenvalue weighted by molar-refractivity contribution is 8.00. The van der Waals surface area contributed by atoms with Gasteiger partial charge in [-0.25, -0.2) is 4.98 Å². The number of pyridine rings is 1. The normalized spacial score (nSPS) is 12.0. The van der Waals surface area contributed by atoms with Gasteiger partial charge in [-0.3, -0.25) is 9.59 Å². The van der Waals surface area contributed by atoms with Crippen LogP contribution in [-0.4, -0.2) is 21.9 Å². The molecule has 0 bridgehead atoms. The molecule has 0 unspecified atom stereocenters. The molecule has 1 amide bonds. The quantitative estimate of drug-likeness (QED) is 0.491. The lowest BCUT2D eigenvalue weighted by Crippen LogP contribution is -2.22. The van der Waals surface area contributed by atoms with Crippen LogP contribution in [0.4, 0.5) is 5.69 Å². The molecule has 1 N–H and O–H groups in total. The second-order valence-electron chi connectivity index (χ2n) is 6.63. The van der Waals surface area contributed by atoms with Crippen LogP contribution >= 0.6 is 11.8 Å². The van der Waals surface area contributed by atoms with Gasteiger partial charge >= 0.3 is 0 Å². The standard InChI is InChI=1S/C22H22N2O2S/c1-13-7-5-10-19-14(2)11-20(24-21(13)19)27-16(4)22(26)23-18-9-6-8-17(12-18)15(3)25/h5-12,16H,1-4H3,(H,23,26)/t16-/m0/s1. The number of fused-ring (bicyclic) bond motifs is 1. The number of aryl methyl sites for hydroxylation is 2. The number of ketones is 1. The number of rotatable bonds is 5. The van der Waals surface area contributed by atoms with Crippen molar-refractivity contribution in [1.29, 1.82) is 0 Å². The van der Waals surface area contributed by atoms with Crippen molar-refractivity contribution in [1.82, 2.24) is 4.98 Å². The number of nitrogens with one attached hydrogen (secondary N) is 1. The zero-order valence-electron chi connectivity index (χ0n) is 15.9. The first kappa shape index (κ1) is 19.1. The fourth-order valence-corrected chi connectivity index (χ4v) is 3.80. The maximum atomic E-state index is 12.6. The summed E-state index contributed by atoms with van der Waals surface area (Å²) in [5, 5.41) is 4.53. The minimum Gasteiger partial charge on any atom is -0.325 e. The fourth-order valence-electron chi connectivity index (χ4n) is 2.89. The zero-order chi connectivity index (χ0) is 19.6. The molecule has 0 saturated heterocycles.